The zero-order valence-electron chi connectivity index (χ0n) is 9.31. The Kier molecular flexibility index (Phi) is 2.60. The van der Waals surface area contributed by atoms with Crippen LogP contribution < -0.4 is 0 Å². The zero-order valence-corrected chi connectivity index (χ0v) is 11.6. The van der Waals surface area contributed by atoms with Gasteiger partial charge in [-0.15, -0.1) is 0 Å². The lowest BCUT2D eigenvalue weighted by atomic mass is 9.58. The number of rotatable bonds is 1. The molecule has 0 radical (unpaired) electrons. The molecule has 0 amide bonds. The van der Waals surface area contributed by atoms with Crippen molar-refractivity contribution in [3.8, 4) is 0 Å². The number of hydrogen-bond donors (Lipinski definition) is 0. The summed E-state index contributed by atoms with van der Waals surface area (Å²) in [5.41, 5.74) is 1.96. The molecule has 3 aliphatic carbocycles. The molecule has 1 aromatic rings. The Morgan fingerprint density at radius 2 is 1.38 bits per heavy atom. The maximum Gasteiger partial charge on any atom is 0.0406 e. The maximum absolute atomic E-state index is 5.96. The Morgan fingerprint density at radius 1 is 0.875 bits per heavy atom. The molecule has 3 saturated carbocycles. The van der Waals surface area contributed by atoms with Gasteiger partial charge in [-0.05, 0) is 61.6 Å². The summed E-state index contributed by atoms with van der Waals surface area (Å²) < 4.78 is 0.473. The number of halogens is 2. The Hall–Kier alpha value is -0.0100. The van der Waals surface area contributed by atoms with Crippen LogP contribution in [0.4, 0.5) is 0 Å². The molecule has 86 valence electrons. The Balaban J connectivity index is 1.92. The van der Waals surface area contributed by atoms with Gasteiger partial charge in [0, 0.05) is 9.35 Å². The highest BCUT2D eigenvalue weighted by atomic mass is 79.9. The Morgan fingerprint density at radius 3 is 1.88 bits per heavy atom. The second kappa shape index (κ2) is 3.74. The first-order chi connectivity index (χ1) is 7.62. The molecular weight excluding hydrogens is 284 g/mol. The summed E-state index contributed by atoms with van der Waals surface area (Å²) in [7, 11) is 0. The molecule has 0 nitrogen and oxygen atoms in total. The fraction of sp³-hybridized carbons (Fsp3) is 0.571. The average Bonchev–Trinajstić information content (AvgIpc) is 2.31. The van der Waals surface area contributed by atoms with Crippen molar-refractivity contribution >= 4 is 27.5 Å². The van der Waals surface area contributed by atoms with E-state index in [1.807, 2.05) is 12.1 Å². The second-order valence-electron chi connectivity index (χ2n) is 5.44. The molecular formula is C14H16BrCl. The molecule has 0 atom stereocenters. The van der Waals surface area contributed by atoms with Gasteiger partial charge < -0.3 is 0 Å². The molecule has 0 N–H and O–H groups in total. The summed E-state index contributed by atoms with van der Waals surface area (Å²) >= 11 is 9.88. The van der Waals surface area contributed by atoms with Gasteiger partial charge in [-0.1, -0.05) is 39.7 Å². The molecule has 3 fully saturated rings. The topological polar surface area (TPSA) is 0 Å². The standard InChI is InChI=1S/C14H16BrCl/c15-14-8-5-13(6-9-14,7-10-14)11-1-3-12(16)4-2-11/h1-4H,5-10H2. The predicted molar refractivity (Wildman–Crippen MR) is 72.5 cm³/mol. The van der Waals surface area contributed by atoms with Crippen molar-refractivity contribution in [2.75, 3.05) is 0 Å². The largest absolute Gasteiger partial charge is 0.0853 e. The highest BCUT2D eigenvalue weighted by Gasteiger charge is 2.47. The highest BCUT2D eigenvalue weighted by Crippen LogP contribution is 2.56. The van der Waals surface area contributed by atoms with Gasteiger partial charge >= 0.3 is 0 Å². The van der Waals surface area contributed by atoms with Gasteiger partial charge in [-0.2, -0.15) is 0 Å². The molecule has 1 aromatic carbocycles. The lowest BCUT2D eigenvalue weighted by Crippen LogP contribution is -2.44. The van der Waals surface area contributed by atoms with Crippen LogP contribution in [-0.2, 0) is 5.41 Å². The molecule has 4 rings (SSSR count). The molecule has 0 heterocycles. The minimum atomic E-state index is 0.458. The van der Waals surface area contributed by atoms with Gasteiger partial charge in [-0.25, -0.2) is 0 Å². The Bertz CT molecular complexity index is 371. The summed E-state index contributed by atoms with van der Waals surface area (Å²) in [6.45, 7) is 0. The van der Waals surface area contributed by atoms with E-state index in [1.165, 1.54) is 44.1 Å². The molecule has 0 spiro atoms. The first kappa shape index (κ1) is 11.1. The smallest absolute Gasteiger partial charge is 0.0406 e. The maximum atomic E-state index is 5.96. The average molecular weight is 300 g/mol. The van der Waals surface area contributed by atoms with Crippen LogP contribution >= 0.6 is 27.5 Å². The number of hydrogen-bond acceptors (Lipinski definition) is 0. The van der Waals surface area contributed by atoms with Crippen molar-refractivity contribution in [2.45, 2.75) is 48.3 Å². The summed E-state index contributed by atoms with van der Waals surface area (Å²) in [5.74, 6) is 0. The Labute approximate surface area is 111 Å². The molecule has 3 aliphatic rings. The third-order valence-corrected chi connectivity index (χ3v) is 6.05. The van der Waals surface area contributed by atoms with E-state index in [0.717, 1.165) is 5.02 Å². The number of alkyl halides is 1. The van der Waals surface area contributed by atoms with E-state index in [1.54, 1.807) is 0 Å². The fourth-order valence-electron chi connectivity index (χ4n) is 3.38. The normalized spacial score (nSPS) is 37.6. The monoisotopic (exact) mass is 298 g/mol. The molecule has 0 aromatic heterocycles. The van der Waals surface area contributed by atoms with Crippen LogP contribution in [0.2, 0.25) is 5.02 Å². The third kappa shape index (κ3) is 1.73. The van der Waals surface area contributed by atoms with Crippen molar-refractivity contribution in [3.63, 3.8) is 0 Å². The van der Waals surface area contributed by atoms with Gasteiger partial charge in [0.2, 0.25) is 0 Å². The summed E-state index contributed by atoms with van der Waals surface area (Å²) in [5, 5.41) is 0.849. The molecule has 0 saturated heterocycles. The predicted octanol–water partition coefficient (Wildman–Crippen LogP) is 5.08. The first-order valence-electron chi connectivity index (χ1n) is 6.07. The van der Waals surface area contributed by atoms with E-state index in [0.29, 0.717) is 9.74 Å². The van der Waals surface area contributed by atoms with Crippen LogP contribution in [0.25, 0.3) is 0 Å². The number of fused-ring (bicyclic) bond motifs is 3. The minimum Gasteiger partial charge on any atom is -0.0853 e. The van der Waals surface area contributed by atoms with Crippen molar-refractivity contribution in [3.05, 3.63) is 34.9 Å². The van der Waals surface area contributed by atoms with E-state index in [4.69, 9.17) is 11.6 Å². The summed E-state index contributed by atoms with van der Waals surface area (Å²) in [6.07, 6.45) is 7.99. The third-order valence-electron chi connectivity index (χ3n) is 4.61. The second-order valence-corrected chi connectivity index (χ2v) is 7.56. The van der Waals surface area contributed by atoms with E-state index in [2.05, 4.69) is 28.1 Å². The summed E-state index contributed by atoms with van der Waals surface area (Å²) in [4.78, 5) is 0. The van der Waals surface area contributed by atoms with Gasteiger partial charge in [0.15, 0.2) is 0 Å². The molecule has 2 heteroatoms. The lowest BCUT2D eigenvalue weighted by Gasteiger charge is -2.51. The van der Waals surface area contributed by atoms with Crippen molar-refractivity contribution in [1.29, 1.82) is 0 Å². The molecule has 16 heavy (non-hydrogen) atoms. The van der Waals surface area contributed by atoms with Crippen molar-refractivity contribution in [1.82, 2.24) is 0 Å². The molecule has 0 unspecified atom stereocenters. The highest BCUT2D eigenvalue weighted by molar-refractivity contribution is 9.10. The van der Waals surface area contributed by atoms with Crippen molar-refractivity contribution < 1.29 is 0 Å². The van der Waals surface area contributed by atoms with Crippen molar-refractivity contribution in [2.24, 2.45) is 0 Å². The van der Waals surface area contributed by atoms with Gasteiger partial charge in [0.25, 0.3) is 0 Å². The molecule has 2 bridgehead atoms. The zero-order chi connectivity index (χ0) is 11.2. The van der Waals surface area contributed by atoms with Crippen LogP contribution in [0, 0.1) is 0 Å². The van der Waals surface area contributed by atoms with E-state index < -0.39 is 0 Å². The van der Waals surface area contributed by atoms with Gasteiger partial charge in [0.05, 0.1) is 0 Å². The first-order valence-corrected chi connectivity index (χ1v) is 7.24. The van der Waals surface area contributed by atoms with Crippen LogP contribution in [0.1, 0.15) is 44.1 Å². The summed E-state index contributed by atoms with van der Waals surface area (Å²) in [6, 6.07) is 8.54. The van der Waals surface area contributed by atoms with E-state index in [9.17, 15) is 0 Å². The minimum absolute atomic E-state index is 0.458. The van der Waals surface area contributed by atoms with Crippen LogP contribution in [0.5, 0.6) is 0 Å². The van der Waals surface area contributed by atoms with Crippen LogP contribution in [-0.4, -0.2) is 4.32 Å². The van der Waals surface area contributed by atoms with Gasteiger partial charge in [-0.3, -0.25) is 0 Å². The van der Waals surface area contributed by atoms with E-state index in [-0.39, 0.29) is 0 Å². The van der Waals surface area contributed by atoms with Gasteiger partial charge in [0.1, 0.15) is 0 Å². The quantitative estimate of drug-likeness (QED) is 0.634. The van der Waals surface area contributed by atoms with Crippen LogP contribution in [0.3, 0.4) is 0 Å². The number of benzene rings is 1. The SMILES string of the molecule is Clc1ccc(C23CCC(Br)(CC2)CC3)cc1. The molecule has 0 aliphatic heterocycles. The lowest BCUT2D eigenvalue weighted by molar-refractivity contribution is 0.162. The van der Waals surface area contributed by atoms with E-state index >= 15 is 0 Å². The fourth-order valence-corrected chi connectivity index (χ4v) is 4.10. The van der Waals surface area contributed by atoms with Crippen LogP contribution in [0.15, 0.2) is 24.3 Å².